The maximum absolute atomic E-state index is 13.5. The van der Waals surface area contributed by atoms with Gasteiger partial charge in [0.15, 0.2) is 11.5 Å². The van der Waals surface area contributed by atoms with E-state index >= 15 is 0 Å². The summed E-state index contributed by atoms with van der Waals surface area (Å²) in [5.41, 5.74) is 1.69. The minimum Gasteiger partial charge on any atom is -0.486 e. The molecule has 0 bridgehead atoms. The summed E-state index contributed by atoms with van der Waals surface area (Å²) >= 11 is 0. The average Bonchev–Trinajstić information content (AvgIpc) is 2.61. The van der Waals surface area contributed by atoms with Crippen molar-refractivity contribution in [3.8, 4) is 11.5 Å². The number of carbonyl (C=O) groups is 1. The molecular weight excluding hydrogens is 335 g/mol. The Kier molecular flexibility index (Phi) is 5.73. The Morgan fingerprint density at radius 3 is 2.65 bits per heavy atom. The Labute approximate surface area is 152 Å². The first-order chi connectivity index (χ1) is 12.5. The number of hydrogen-bond acceptors (Lipinski definition) is 4. The lowest BCUT2D eigenvalue weighted by molar-refractivity contribution is -0.120. The first kappa shape index (κ1) is 18.2. The largest absolute Gasteiger partial charge is 0.486 e. The number of nitrogens with zero attached hydrogens (tertiary/aromatic N) is 1. The molecule has 1 unspecified atom stereocenters. The second-order valence-corrected chi connectivity index (χ2v) is 6.49. The number of hydrogen-bond donors (Lipinski definition) is 1. The van der Waals surface area contributed by atoms with Gasteiger partial charge in [0, 0.05) is 6.54 Å². The van der Waals surface area contributed by atoms with E-state index < -0.39 is 0 Å². The third-order valence-electron chi connectivity index (χ3n) is 4.32. The van der Waals surface area contributed by atoms with Crippen molar-refractivity contribution in [2.24, 2.45) is 0 Å². The second kappa shape index (κ2) is 8.19. The summed E-state index contributed by atoms with van der Waals surface area (Å²) < 4.78 is 24.5. The van der Waals surface area contributed by atoms with Crippen LogP contribution in [0.15, 0.2) is 42.5 Å². The van der Waals surface area contributed by atoms with Gasteiger partial charge in [-0.1, -0.05) is 18.2 Å². The van der Waals surface area contributed by atoms with Crippen LogP contribution in [0.25, 0.3) is 0 Å². The van der Waals surface area contributed by atoms with Gasteiger partial charge in [-0.2, -0.15) is 0 Å². The third-order valence-corrected chi connectivity index (χ3v) is 4.32. The van der Waals surface area contributed by atoms with Crippen molar-refractivity contribution in [3.05, 3.63) is 59.4 Å². The van der Waals surface area contributed by atoms with Crippen LogP contribution in [0.4, 0.5) is 4.39 Å². The molecule has 138 valence electrons. The van der Waals surface area contributed by atoms with Crippen LogP contribution >= 0.6 is 0 Å². The summed E-state index contributed by atoms with van der Waals surface area (Å²) in [4.78, 5) is 14.3. The van der Waals surface area contributed by atoms with Crippen molar-refractivity contribution in [3.63, 3.8) is 0 Å². The normalized spacial score (nSPS) is 14.2. The average molecular weight is 358 g/mol. The summed E-state index contributed by atoms with van der Waals surface area (Å²) in [5.74, 6) is 1.01. The number of carbonyl (C=O) groups excluding carboxylic acids is 1. The van der Waals surface area contributed by atoms with Crippen LogP contribution in [0.1, 0.15) is 17.2 Å². The van der Waals surface area contributed by atoms with Gasteiger partial charge in [-0.05, 0) is 49.5 Å². The van der Waals surface area contributed by atoms with Crippen LogP contribution in [0, 0.1) is 5.82 Å². The van der Waals surface area contributed by atoms with Crippen LogP contribution in [0.5, 0.6) is 11.5 Å². The van der Waals surface area contributed by atoms with Crippen molar-refractivity contribution >= 4 is 5.91 Å². The smallest absolute Gasteiger partial charge is 0.224 e. The minimum atomic E-state index is -0.281. The van der Waals surface area contributed by atoms with Crippen molar-refractivity contribution in [2.75, 3.05) is 33.9 Å². The van der Waals surface area contributed by atoms with Crippen LogP contribution in [0.2, 0.25) is 0 Å². The van der Waals surface area contributed by atoms with E-state index in [-0.39, 0.29) is 24.2 Å². The summed E-state index contributed by atoms with van der Waals surface area (Å²) in [6.45, 7) is 1.46. The van der Waals surface area contributed by atoms with E-state index in [0.717, 1.165) is 11.1 Å². The molecule has 0 radical (unpaired) electrons. The molecule has 2 aromatic rings. The third kappa shape index (κ3) is 4.52. The molecular formula is C20H23FN2O3. The summed E-state index contributed by atoms with van der Waals surface area (Å²) in [5, 5.41) is 2.94. The SMILES string of the molecule is CN(C)C(CNC(=O)Cc1ccc2c(c1)OCCO2)c1cccc(F)c1. The second-order valence-electron chi connectivity index (χ2n) is 6.49. The number of likely N-dealkylation sites (N-methyl/N-ethyl adjacent to an activating group) is 1. The Bertz CT molecular complexity index is 779. The van der Waals surface area contributed by atoms with Gasteiger partial charge in [0.25, 0.3) is 0 Å². The van der Waals surface area contributed by atoms with E-state index in [1.54, 1.807) is 6.07 Å². The van der Waals surface area contributed by atoms with Gasteiger partial charge in [-0.15, -0.1) is 0 Å². The van der Waals surface area contributed by atoms with Crippen molar-refractivity contribution in [2.45, 2.75) is 12.5 Å². The monoisotopic (exact) mass is 358 g/mol. The number of fused-ring (bicyclic) bond motifs is 1. The van der Waals surface area contributed by atoms with E-state index in [1.165, 1.54) is 12.1 Å². The van der Waals surface area contributed by atoms with Gasteiger partial charge < -0.3 is 19.7 Å². The molecule has 2 aromatic carbocycles. The molecule has 6 heteroatoms. The van der Waals surface area contributed by atoms with Crippen molar-refractivity contribution < 1.29 is 18.7 Å². The van der Waals surface area contributed by atoms with Crippen LogP contribution in [-0.2, 0) is 11.2 Å². The molecule has 0 aromatic heterocycles. The topological polar surface area (TPSA) is 50.8 Å². The molecule has 1 atom stereocenters. The van der Waals surface area contributed by atoms with Gasteiger partial charge in [-0.3, -0.25) is 4.79 Å². The maximum atomic E-state index is 13.5. The van der Waals surface area contributed by atoms with E-state index in [2.05, 4.69) is 5.32 Å². The number of halogens is 1. The van der Waals surface area contributed by atoms with Gasteiger partial charge in [0.05, 0.1) is 12.5 Å². The molecule has 5 nitrogen and oxygen atoms in total. The molecule has 1 heterocycles. The fourth-order valence-corrected chi connectivity index (χ4v) is 2.97. The van der Waals surface area contributed by atoms with E-state index in [0.29, 0.717) is 31.3 Å². The molecule has 1 amide bonds. The predicted molar refractivity (Wildman–Crippen MR) is 97.0 cm³/mol. The van der Waals surface area contributed by atoms with Crippen LogP contribution in [0.3, 0.4) is 0 Å². The summed E-state index contributed by atoms with van der Waals surface area (Å²) in [6.07, 6.45) is 0.250. The number of nitrogens with one attached hydrogen (secondary N) is 1. The molecule has 0 aliphatic carbocycles. The molecule has 0 fully saturated rings. The molecule has 0 spiro atoms. The number of ether oxygens (including phenoxy) is 2. The highest BCUT2D eigenvalue weighted by molar-refractivity contribution is 5.78. The van der Waals surface area contributed by atoms with Gasteiger partial charge in [0.1, 0.15) is 19.0 Å². The number of rotatable bonds is 6. The Morgan fingerprint density at radius 2 is 1.92 bits per heavy atom. The molecule has 1 N–H and O–H groups in total. The quantitative estimate of drug-likeness (QED) is 0.862. The van der Waals surface area contributed by atoms with Crippen LogP contribution in [-0.4, -0.2) is 44.7 Å². The van der Waals surface area contributed by atoms with E-state index in [4.69, 9.17) is 9.47 Å². The first-order valence-electron chi connectivity index (χ1n) is 8.60. The Balaban J connectivity index is 1.60. The molecule has 26 heavy (non-hydrogen) atoms. The summed E-state index contributed by atoms with van der Waals surface area (Å²) in [6, 6.07) is 11.9. The molecule has 1 aliphatic heterocycles. The lowest BCUT2D eigenvalue weighted by atomic mass is 10.1. The zero-order valence-corrected chi connectivity index (χ0v) is 15.0. The van der Waals surface area contributed by atoms with Gasteiger partial charge >= 0.3 is 0 Å². The van der Waals surface area contributed by atoms with Gasteiger partial charge in [-0.25, -0.2) is 4.39 Å². The Morgan fingerprint density at radius 1 is 1.15 bits per heavy atom. The highest BCUT2D eigenvalue weighted by Gasteiger charge is 2.17. The van der Waals surface area contributed by atoms with E-state index in [1.807, 2.05) is 43.3 Å². The van der Waals surface area contributed by atoms with Crippen LogP contribution < -0.4 is 14.8 Å². The standard InChI is InChI=1S/C20H23FN2O3/c1-23(2)17(15-4-3-5-16(21)12-15)13-22-20(24)11-14-6-7-18-19(10-14)26-9-8-25-18/h3-7,10,12,17H,8-9,11,13H2,1-2H3,(H,22,24). The fourth-order valence-electron chi connectivity index (χ4n) is 2.97. The van der Waals surface area contributed by atoms with Crippen molar-refractivity contribution in [1.29, 1.82) is 0 Å². The van der Waals surface area contributed by atoms with Crippen molar-refractivity contribution in [1.82, 2.24) is 10.2 Å². The maximum Gasteiger partial charge on any atom is 0.224 e. The molecule has 0 saturated carbocycles. The number of benzene rings is 2. The molecule has 1 aliphatic rings. The first-order valence-corrected chi connectivity index (χ1v) is 8.60. The predicted octanol–water partition coefficient (Wildman–Crippen LogP) is 2.56. The van der Waals surface area contributed by atoms with E-state index in [9.17, 15) is 9.18 Å². The zero-order chi connectivity index (χ0) is 18.5. The zero-order valence-electron chi connectivity index (χ0n) is 15.0. The fraction of sp³-hybridized carbons (Fsp3) is 0.350. The summed E-state index contributed by atoms with van der Waals surface area (Å²) in [7, 11) is 3.81. The minimum absolute atomic E-state index is 0.0927. The lowest BCUT2D eigenvalue weighted by Gasteiger charge is -2.25. The highest BCUT2D eigenvalue weighted by Crippen LogP contribution is 2.30. The molecule has 3 rings (SSSR count). The highest BCUT2D eigenvalue weighted by atomic mass is 19.1. The molecule has 0 saturated heterocycles. The number of amides is 1. The Hall–Kier alpha value is -2.60. The van der Waals surface area contributed by atoms with Gasteiger partial charge in [0.2, 0.25) is 5.91 Å². The lowest BCUT2D eigenvalue weighted by Crippen LogP contribution is -2.35.